The lowest BCUT2D eigenvalue weighted by Gasteiger charge is -2.21. The Morgan fingerprint density at radius 1 is 0.269 bits per heavy atom. The predicted octanol–water partition coefficient (Wildman–Crippen LogP) is 23.9. The van der Waals surface area contributed by atoms with Gasteiger partial charge in [-0.15, -0.1) is 0 Å². The highest BCUT2D eigenvalue weighted by atomic mass is 31.2. The van der Waals surface area contributed by atoms with Crippen molar-refractivity contribution in [3.05, 3.63) is 207 Å². The van der Waals surface area contributed by atoms with Crippen LogP contribution in [0.1, 0.15) is 272 Å². The zero-order chi connectivity index (χ0) is 78.9. The van der Waals surface area contributed by atoms with E-state index >= 15 is 0 Å². The topological polar surface area (TPSA) is 237 Å². The zero-order valence-corrected chi connectivity index (χ0v) is 68.2. The Morgan fingerprint density at radius 2 is 0.509 bits per heavy atom. The van der Waals surface area contributed by atoms with Crippen molar-refractivity contribution in [2.75, 3.05) is 39.6 Å². The number of esters is 4. The van der Waals surface area contributed by atoms with Gasteiger partial charge < -0.3 is 33.8 Å². The maximum atomic E-state index is 13.1. The van der Waals surface area contributed by atoms with Gasteiger partial charge in [0.15, 0.2) is 12.2 Å². The molecule has 0 saturated carbocycles. The summed E-state index contributed by atoms with van der Waals surface area (Å²) in [5.74, 6) is -2.47. The van der Waals surface area contributed by atoms with Crippen molar-refractivity contribution in [3.63, 3.8) is 0 Å². The van der Waals surface area contributed by atoms with E-state index in [0.29, 0.717) is 44.9 Å². The number of phosphoric ester groups is 2. The van der Waals surface area contributed by atoms with Crippen molar-refractivity contribution >= 4 is 39.5 Å². The molecule has 0 aromatic carbocycles. The summed E-state index contributed by atoms with van der Waals surface area (Å²) >= 11 is 0. The van der Waals surface area contributed by atoms with E-state index in [0.717, 1.165) is 128 Å². The second-order valence-electron chi connectivity index (χ2n) is 25.9. The fraction of sp³-hybridized carbons (Fsp3) is 0.573. The molecule has 0 saturated heterocycles. The smallest absolute Gasteiger partial charge is 0.462 e. The molecule has 0 radical (unpaired) electrons. The van der Waals surface area contributed by atoms with E-state index in [2.05, 4.69) is 186 Å². The number of hydrogen-bond donors (Lipinski definition) is 3. The van der Waals surface area contributed by atoms with Crippen LogP contribution >= 0.6 is 15.6 Å². The van der Waals surface area contributed by atoms with Crippen LogP contribution in [-0.2, 0) is 65.4 Å². The standard InChI is InChI=1S/C89H140O17P2/c1-5-9-13-17-21-25-29-33-36-39-41-44-47-51-54-58-62-66-70-74-87(92)99-79-84(105-88(93)75-71-67-63-59-55-49-32-28-24-20-16-12-8-4)81-103-107(95,96)101-77-83(90)78-102-108(97,98)104-82-85(80-100-86(91)73-69-65-61-57-53-50-46-43-38-35-31-27-23-19-15-11-7-3)106-89(94)76-72-68-64-60-56-52-48-45-42-40-37-34-30-26-22-18-14-10-6-2/h9-10,13-14,21-23,25-28,32-38,41-42,44-46,50-52,54,56-57,61-62,64,66,68,83-85,90H,5-8,11-12,15-20,24,29-31,39-40,43,47-49,53,55,58-60,63,65,67,69-82H2,1-4H3,(H,95,96)(H,97,98)/b13-9-,14-10-,25-21-,26-22-,27-23-,32-28-,36-33-,37-34-,38-35-,44-41-,45-42-,50-46-,54-51-,56-52-,61-57-,66-62-,68-64-/t83-,84-,85-/m1/s1. The molecule has 17 nitrogen and oxygen atoms in total. The van der Waals surface area contributed by atoms with Gasteiger partial charge in [0, 0.05) is 25.7 Å². The summed E-state index contributed by atoms with van der Waals surface area (Å²) in [6.07, 6.45) is 98.5. The van der Waals surface area contributed by atoms with Crippen LogP contribution in [0.15, 0.2) is 207 Å². The highest BCUT2D eigenvalue weighted by Gasteiger charge is 2.30. The van der Waals surface area contributed by atoms with Crippen LogP contribution in [-0.4, -0.2) is 96.7 Å². The van der Waals surface area contributed by atoms with Crippen molar-refractivity contribution < 1.29 is 80.2 Å². The van der Waals surface area contributed by atoms with Crippen LogP contribution in [0.2, 0.25) is 0 Å². The molecule has 19 heteroatoms. The van der Waals surface area contributed by atoms with Crippen molar-refractivity contribution in [1.29, 1.82) is 0 Å². The number of carbonyl (C=O) groups is 4. The van der Waals surface area contributed by atoms with E-state index in [4.69, 9.17) is 37.0 Å². The zero-order valence-electron chi connectivity index (χ0n) is 66.4. The first-order valence-corrected chi connectivity index (χ1v) is 43.3. The molecule has 0 aliphatic rings. The molecule has 0 aromatic heterocycles. The summed E-state index contributed by atoms with van der Waals surface area (Å²) < 4.78 is 68.4. The number of ether oxygens (including phenoxy) is 4. The largest absolute Gasteiger partial charge is 0.472 e. The van der Waals surface area contributed by atoms with Crippen molar-refractivity contribution in [1.82, 2.24) is 0 Å². The second kappa shape index (κ2) is 78.8. The van der Waals surface area contributed by atoms with Gasteiger partial charge in [0.1, 0.15) is 19.3 Å². The third-order valence-electron chi connectivity index (χ3n) is 15.7. The van der Waals surface area contributed by atoms with Crippen molar-refractivity contribution in [2.45, 2.75) is 290 Å². The van der Waals surface area contributed by atoms with Crippen molar-refractivity contribution in [2.24, 2.45) is 0 Å². The third-order valence-corrected chi connectivity index (χ3v) is 17.6. The average molecular weight is 1540 g/mol. The predicted molar refractivity (Wildman–Crippen MR) is 445 cm³/mol. The highest BCUT2D eigenvalue weighted by molar-refractivity contribution is 7.47. The van der Waals surface area contributed by atoms with Gasteiger partial charge >= 0.3 is 39.5 Å². The molecule has 2 unspecified atom stereocenters. The first-order valence-electron chi connectivity index (χ1n) is 40.3. The Bertz CT molecular complexity index is 2860. The van der Waals surface area contributed by atoms with E-state index < -0.39 is 97.5 Å². The molecule has 5 atom stereocenters. The maximum absolute atomic E-state index is 13.1. The molecule has 0 aliphatic heterocycles. The van der Waals surface area contributed by atoms with E-state index in [1.165, 1.54) is 44.9 Å². The van der Waals surface area contributed by atoms with Gasteiger partial charge in [0.05, 0.1) is 26.4 Å². The number of hydrogen-bond acceptors (Lipinski definition) is 15. The number of unbranched alkanes of at least 4 members (excludes halogenated alkanes) is 13. The van der Waals surface area contributed by atoms with E-state index in [9.17, 15) is 43.2 Å². The summed E-state index contributed by atoms with van der Waals surface area (Å²) in [6, 6.07) is 0. The molecule has 608 valence electrons. The van der Waals surface area contributed by atoms with Gasteiger partial charge in [-0.05, 0) is 167 Å². The van der Waals surface area contributed by atoms with Crippen LogP contribution in [0.25, 0.3) is 0 Å². The second-order valence-corrected chi connectivity index (χ2v) is 28.8. The third kappa shape index (κ3) is 77.8. The minimum Gasteiger partial charge on any atom is -0.462 e. The van der Waals surface area contributed by atoms with Crippen molar-refractivity contribution in [3.8, 4) is 0 Å². The molecule has 0 spiro atoms. The van der Waals surface area contributed by atoms with Gasteiger partial charge in [-0.2, -0.15) is 0 Å². The Balaban J connectivity index is 5.57. The SMILES string of the molecule is CC/C=C\C/C=C\C/C=C\C/C=C\C/C=C\C/C=C\CCC(=O)OC[C@H](COP(=O)(O)OC[C@@H](O)COP(=O)(O)OC[C@@H](COC(=O)CCC/C=C\C/C=C\C/C=C\C/C=C\CCCCC)OC(=O)CC/C=C\C/C=C\C/C=C\C/C=C\C/C=C\C/C=C\CC)OC(=O)CCCCCCC/C=C\CCCCCC. The van der Waals surface area contributed by atoms with E-state index in [1.54, 1.807) is 0 Å². The fourth-order valence-electron chi connectivity index (χ4n) is 9.67. The molecular formula is C89H140O17P2. The van der Waals surface area contributed by atoms with Gasteiger partial charge in [-0.1, -0.05) is 286 Å². The molecule has 0 aliphatic carbocycles. The summed E-state index contributed by atoms with van der Waals surface area (Å²) in [5.41, 5.74) is 0. The minimum atomic E-state index is -5.03. The van der Waals surface area contributed by atoms with Crippen LogP contribution in [0.5, 0.6) is 0 Å². The Labute approximate surface area is 652 Å². The van der Waals surface area contributed by atoms with Crippen LogP contribution in [0.4, 0.5) is 0 Å². The Morgan fingerprint density at radius 3 is 0.870 bits per heavy atom. The lowest BCUT2D eigenvalue weighted by molar-refractivity contribution is -0.161. The number of rotatable bonds is 73. The molecule has 0 heterocycles. The summed E-state index contributed by atoms with van der Waals surface area (Å²) in [5, 5.41) is 10.6. The average Bonchev–Trinajstić information content (AvgIpc) is 0.913. The summed E-state index contributed by atoms with van der Waals surface area (Å²) in [6.45, 7) is 4.32. The van der Waals surface area contributed by atoms with E-state index in [1.807, 2.05) is 48.6 Å². The Kier molecular flexibility index (Phi) is 74.1. The van der Waals surface area contributed by atoms with Gasteiger partial charge in [-0.3, -0.25) is 37.3 Å². The van der Waals surface area contributed by atoms with Gasteiger partial charge in [0.2, 0.25) is 0 Å². The number of aliphatic hydroxyl groups is 1. The molecule has 0 rings (SSSR count). The maximum Gasteiger partial charge on any atom is 0.472 e. The molecular weight excluding hydrogens is 1400 g/mol. The first-order chi connectivity index (χ1) is 52.7. The quantitative estimate of drug-likeness (QED) is 0.0169. The van der Waals surface area contributed by atoms with Crippen LogP contribution < -0.4 is 0 Å². The molecule has 0 aromatic rings. The fourth-order valence-corrected chi connectivity index (χ4v) is 11.2. The molecule has 0 bridgehead atoms. The monoisotopic (exact) mass is 1540 g/mol. The lowest BCUT2D eigenvalue weighted by Crippen LogP contribution is -2.30. The number of aliphatic hydroxyl groups excluding tert-OH is 1. The summed E-state index contributed by atoms with van der Waals surface area (Å²) in [7, 11) is -10.0. The first kappa shape index (κ1) is 102. The highest BCUT2D eigenvalue weighted by Crippen LogP contribution is 2.45. The normalized spacial score (nSPS) is 14.9. The summed E-state index contributed by atoms with van der Waals surface area (Å²) in [4.78, 5) is 73.0. The van der Waals surface area contributed by atoms with Gasteiger partial charge in [-0.25, -0.2) is 9.13 Å². The molecule has 3 N–H and O–H groups in total. The number of phosphoric acid groups is 2. The molecule has 108 heavy (non-hydrogen) atoms. The van der Waals surface area contributed by atoms with Gasteiger partial charge in [0.25, 0.3) is 0 Å². The van der Waals surface area contributed by atoms with Crippen LogP contribution in [0.3, 0.4) is 0 Å². The van der Waals surface area contributed by atoms with Crippen LogP contribution in [0, 0.1) is 0 Å². The lowest BCUT2D eigenvalue weighted by atomic mass is 10.1. The number of carbonyl (C=O) groups excluding carboxylic acids is 4. The molecule has 0 amide bonds. The Hall–Kier alpha value is -6.36. The molecule has 0 fully saturated rings. The van der Waals surface area contributed by atoms with E-state index in [-0.39, 0.29) is 25.7 Å². The number of allylic oxidation sites excluding steroid dienone is 34. The minimum absolute atomic E-state index is 0.0241.